The normalized spacial score (nSPS) is 26.1. The molecule has 3 atom stereocenters. The van der Waals surface area contributed by atoms with Gasteiger partial charge in [0, 0.05) is 31.0 Å². The van der Waals surface area contributed by atoms with E-state index in [0.717, 1.165) is 31.6 Å². The topological polar surface area (TPSA) is 48.1 Å². The van der Waals surface area contributed by atoms with Gasteiger partial charge in [0.05, 0.1) is 6.10 Å². The van der Waals surface area contributed by atoms with Gasteiger partial charge in [-0.25, -0.2) is 0 Å². The molecule has 0 saturated carbocycles. The second-order valence-corrected chi connectivity index (χ2v) is 4.98. The Bertz CT molecular complexity index is 350. The van der Waals surface area contributed by atoms with Gasteiger partial charge in [-0.2, -0.15) is 0 Å². The molecule has 1 aliphatic rings. The van der Waals surface area contributed by atoms with Crippen LogP contribution in [0.1, 0.15) is 31.5 Å². The predicted octanol–water partition coefficient (Wildman–Crippen LogP) is 1.94. The quantitative estimate of drug-likeness (QED) is 0.866. The summed E-state index contributed by atoms with van der Waals surface area (Å²) in [4.78, 5) is 4.45. The van der Waals surface area contributed by atoms with Crippen molar-refractivity contribution in [1.29, 1.82) is 0 Å². The average Bonchev–Trinajstić information content (AvgIpc) is 2.76. The molecule has 1 aromatic rings. The number of hydrogen-bond donors (Lipinski definition) is 1. The molecule has 1 fully saturated rings. The number of hydrogen-bond acceptors (Lipinski definition) is 3. The molecule has 3 nitrogen and oxygen atoms in total. The molecule has 3 unspecified atom stereocenters. The van der Waals surface area contributed by atoms with E-state index < -0.39 is 0 Å². The summed E-state index contributed by atoms with van der Waals surface area (Å²) >= 11 is 0. The molecular formula is C14H22N2O. The maximum atomic E-state index is 6.21. The van der Waals surface area contributed by atoms with Gasteiger partial charge in [0.1, 0.15) is 0 Å². The summed E-state index contributed by atoms with van der Waals surface area (Å²) in [5, 5.41) is 0. The number of ether oxygens (including phenoxy) is 1. The van der Waals surface area contributed by atoms with Gasteiger partial charge in [0.15, 0.2) is 0 Å². The van der Waals surface area contributed by atoms with Crippen molar-refractivity contribution in [2.45, 2.75) is 45.3 Å². The first-order valence-electron chi connectivity index (χ1n) is 6.51. The highest BCUT2D eigenvalue weighted by atomic mass is 16.5. The van der Waals surface area contributed by atoms with Gasteiger partial charge in [0.25, 0.3) is 0 Å². The van der Waals surface area contributed by atoms with Crippen molar-refractivity contribution in [3.05, 3.63) is 29.6 Å². The molecule has 3 heteroatoms. The van der Waals surface area contributed by atoms with Crippen LogP contribution in [0.3, 0.4) is 0 Å². The molecule has 2 heterocycles. The maximum Gasteiger partial charge on any atom is 0.0756 e. The number of rotatable bonds is 4. The number of aryl methyl sites for hydroxylation is 1. The molecule has 0 aliphatic carbocycles. The Hall–Kier alpha value is -0.930. The minimum absolute atomic E-state index is 0.0625. The first-order valence-corrected chi connectivity index (χ1v) is 6.51. The summed E-state index contributed by atoms with van der Waals surface area (Å²) in [6, 6.07) is 4.28. The largest absolute Gasteiger partial charge is 0.376 e. The Labute approximate surface area is 103 Å². The maximum absolute atomic E-state index is 6.21. The summed E-state index contributed by atoms with van der Waals surface area (Å²) < 4.78 is 5.69. The number of aromatic nitrogens is 1. The van der Waals surface area contributed by atoms with E-state index in [2.05, 4.69) is 31.0 Å². The Morgan fingerprint density at radius 1 is 1.53 bits per heavy atom. The van der Waals surface area contributed by atoms with Crippen LogP contribution in [0.2, 0.25) is 0 Å². The first-order chi connectivity index (χ1) is 8.20. The molecule has 1 aromatic heterocycles. The van der Waals surface area contributed by atoms with Crippen LogP contribution in [0, 0.1) is 5.92 Å². The van der Waals surface area contributed by atoms with Crippen molar-refractivity contribution in [1.82, 2.24) is 4.98 Å². The molecule has 0 bridgehead atoms. The lowest BCUT2D eigenvalue weighted by atomic mass is 9.95. The van der Waals surface area contributed by atoms with Gasteiger partial charge in [-0.15, -0.1) is 0 Å². The van der Waals surface area contributed by atoms with E-state index in [0.29, 0.717) is 5.92 Å². The molecule has 0 spiro atoms. The standard InChI is InChI=1S/C14H22N2O/c1-3-11-4-5-12(16-9-11)8-13(15)14-10(2)6-7-17-14/h4-5,9-10,13-14H,3,6-8,15H2,1-2H3. The zero-order valence-electron chi connectivity index (χ0n) is 10.7. The fourth-order valence-electron chi connectivity index (χ4n) is 2.41. The third-order valence-electron chi connectivity index (χ3n) is 3.61. The van der Waals surface area contributed by atoms with E-state index in [-0.39, 0.29) is 12.1 Å². The van der Waals surface area contributed by atoms with E-state index in [9.17, 15) is 0 Å². The summed E-state index contributed by atoms with van der Waals surface area (Å²) in [6.07, 6.45) is 5.10. The van der Waals surface area contributed by atoms with Gasteiger partial charge < -0.3 is 10.5 Å². The monoisotopic (exact) mass is 234 g/mol. The zero-order chi connectivity index (χ0) is 12.3. The smallest absolute Gasteiger partial charge is 0.0756 e. The van der Waals surface area contributed by atoms with Crippen molar-refractivity contribution in [3.8, 4) is 0 Å². The Morgan fingerprint density at radius 3 is 2.88 bits per heavy atom. The van der Waals surface area contributed by atoms with E-state index in [1.165, 1.54) is 5.56 Å². The van der Waals surface area contributed by atoms with E-state index >= 15 is 0 Å². The van der Waals surface area contributed by atoms with Crippen LogP contribution in [-0.4, -0.2) is 23.7 Å². The van der Waals surface area contributed by atoms with E-state index in [1.807, 2.05) is 6.20 Å². The minimum atomic E-state index is 0.0625. The van der Waals surface area contributed by atoms with Gasteiger partial charge in [-0.05, 0) is 30.4 Å². The predicted molar refractivity (Wildman–Crippen MR) is 68.8 cm³/mol. The Balaban J connectivity index is 1.95. The van der Waals surface area contributed by atoms with Crippen molar-refractivity contribution >= 4 is 0 Å². The third kappa shape index (κ3) is 3.05. The molecule has 17 heavy (non-hydrogen) atoms. The van der Waals surface area contributed by atoms with Crippen LogP contribution in [0.5, 0.6) is 0 Å². The highest BCUT2D eigenvalue weighted by molar-refractivity contribution is 5.15. The fraction of sp³-hybridized carbons (Fsp3) is 0.643. The van der Waals surface area contributed by atoms with E-state index in [1.54, 1.807) is 0 Å². The fourth-order valence-corrected chi connectivity index (χ4v) is 2.41. The molecule has 0 aromatic carbocycles. The molecule has 0 amide bonds. The van der Waals surface area contributed by atoms with Crippen LogP contribution in [0.4, 0.5) is 0 Å². The van der Waals surface area contributed by atoms with Crippen molar-refractivity contribution in [3.63, 3.8) is 0 Å². The van der Waals surface area contributed by atoms with Crippen molar-refractivity contribution < 1.29 is 4.74 Å². The Morgan fingerprint density at radius 2 is 2.35 bits per heavy atom. The SMILES string of the molecule is CCc1ccc(CC(N)C2OCCC2C)nc1. The molecule has 0 radical (unpaired) electrons. The number of pyridine rings is 1. The first kappa shape index (κ1) is 12.5. The molecule has 1 saturated heterocycles. The van der Waals surface area contributed by atoms with Crippen LogP contribution < -0.4 is 5.73 Å². The molecule has 94 valence electrons. The summed E-state index contributed by atoms with van der Waals surface area (Å²) in [6.45, 7) is 5.20. The summed E-state index contributed by atoms with van der Waals surface area (Å²) in [5.74, 6) is 0.569. The highest BCUT2D eigenvalue weighted by Gasteiger charge is 2.29. The molecule has 2 rings (SSSR count). The highest BCUT2D eigenvalue weighted by Crippen LogP contribution is 2.23. The molecule has 1 aliphatic heterocycles. The van der Waals surface area contributed by atoms with Crippen molar-refractivity contribution in [2.24, 2.45) is 11.7 Å². The van der Waals surface area contributed by atoms with Crippen LogP contribution in [-0.2, 0) is 17.6 Å². The number of nitrogens with zero attached hydrogens (tertiary/aromatic N) is 1. The van der Waals surface area contributed by atoms with Crippen molar-refractivity contribution in [2.75, 3.05) is 6.61 Å². The molecule has 2 N–H and O–H groups in total. The van der Waals surface area contributed by atoms with Crippen LogP contribution in [0.25, 0.3) is 0 Å². The van der Waals surface area contributed by atoms with Gasteiger partial charge in [-0.3, -0.25) is 4.98 Å². The zero-order valence-corrected chi connectivity index (χ0v) is 10.7. The second kappa shape index (κ2) is 5.61. The van der Waals surface area contributed by atoms with Crippen LogP contribution >= 0.6 is 0 Å². The average molecular weight is 234 g/mol. The number of nitrogens with two attached hydrogens (primary N) is 1. The van der Waals surface area contributed by atoms with E-state index in [4.69, 9.17) is 10.5 Å². The molecular weight excluding hydrogens is 212 g/mol. The lowest BCUT2D eigenvalue weighted by Gasteiger charge is -2.22. The lowest BCUT2D eigenvalue weighted by Crippen LogP contribution is -2.39. The van der Waals surface area contributed by atoms with Gasteiger partial charge >= 0.3 is 0 Å². The van der Waals surface area contributed by atoms with Crippen LogP contribution in [0.15, 0.2) is 18.3 Å². The Kier molecular flexibility index (Phi) is 4.13. The minimum Gasteiger partial charge on any atom is -0.376 e. The van der Waals surface area contributed by atoms with Gasteiger partial charge in [-0.1, -0.05) is 19.9 Å². The summed E-state index contributed by atoms with van der Waals surface area (Å²) in [5.41, 5.74) is 8.55. The lowest BCUT2D eigenvalue weighted by molar-refractivity contribution is 0.0724. The third-order valence-corrected chi connectivity index (χ3v) is 3.61. The second-order valence-electron chi connectivity index (χ2n) is 4.98. The van der Waals surface area contributed by atoms with Gasteiger partial charge in [0.2, 0.25) is 0 Å². The summed E-state index contributed by atoms with van der Waals surface area (Å²) in [7, 11) is 0.